The molecule has 24 heavy (non-hydrogen) atoms. The van der Waals surface area contributed by atoms with Gasteiger partial charge in [0.05, 0.1) is 17.1 Å². The minimum Gasteiger partial charge on any atom is -0.482 e. The molecule has 1 aromatic heterocycles. The van der Waals surface area contributed by atoms with Gasteiger partial charge in [0, 0.05) is 5.92 Å². The van der Waals surface area contributed by atoms with Crippen LogP contribution in [0.3, 0.4) is 0 Å². The summed E-state index contributed by atoms with van der Waals surface area (Å²) in [7, 11) is -3.78. The fraction of sp³-hybridized carbons (Fsp3) is 0.357. The highest BCUT2D eigenvalue weighted by atomic mass is 32.2. The number of hydrogen-bond acceptors (Lipinski definition) is 7. The van der Waals surface area contributed by atoms with Crippen LogP contribution in [0.25, 0.3) is 0 Å². The van der Waals surface area contributed by atoms with E-state index in [1.165, 1.54) is 18.2 Å². The van der Waals surface area contributed by atoms with Gasteiger partial charge >= 0.3 is 0 Å². The molecular formula is C14H14N4O5S. The van der Waals surface area contributed by atoms with Gasteiger partial charge in [-0.3, -0.25) is 4.79 Å². The lowest BCUT2D eigenvalue weighted by Crippen LogP contribution is -2.27. The number of anilines is 1. The van der Waals surface area contributed by atoms with Crippen LogP contribution in [0.1, 0.15) is 30.5 Å². The molecule has 1 fully saturated rings. The molecule has 2 N–H and O–H groups in total. The third-order valence-electron chi connectivity index (χ3n) is 3.72. The number of nitrogens with zero attached hydrogens (tertiary/aromatic N) is 2. The van der Waals surface area contributed by atoms with Crippen molar-refractivity contribution in [3.63, 3.8) is 0 Å². The molecule has 1 saturated carbocycles. The van der Waals surface area contributed by atoms with E-state index >= 15 is 0 Å². The number of rotatable bonds is 5. The molecule has 1 aromatic carbocycles. The molecule has 0 radical (unpaired) electrons. The van der Waals surface area contributed by atoms with Crippen molar-refractivity contribution in [2.24, 2.45) is 0 Å². The molecule has 9 nitrogen and oxygen atoms in total. The Bertz CT molecular complexity index is 904. The highest BCUT2D eigenvalue weighted by molar-refractivity contribution is 7.89. The maximum atomic E-state index is 12.4. The summed E-state index contributed by atoms with van der Waals surface area (Å²) in [5, 5.41) is 6.34. The molecule has 10 heteroatoms. The number of amides is 1. The first-order valence-electron chi connectivity index (χ1n) is 7.40. The Kier molecular flexibility index (Phi) is 3.50. The van der Waals surface area contributed by atoms with Gasteiger partial charge in [0.25, 0.3) is 5.91 Å². The zero-order valence-electron chi connectivity index (χ0n) is 12.5. The highest BCUT2D eigenvalue weighted by Gasteiger charge is 2.29. The summed E-state index contributed by atoms with van der Waals surface area (Å²) in [4.78, 5) is 15.5. The fourth-order valence-electron chi connectivity index (χ4n) is 2.31. The summed E-state index contributed by atoms with van der Waals surface area (Å²) >= 11 is 0. The number of fused-ring (bicyclic) bond motifs is 1. The van der Waals surface area contributed by atoms with Crippen molar-refractivity contribution in [1.29, 1.82) is 0 Å². The smallest absolute Gasteiger partial charge is 0.262 e. The molecule has 0 atom stereocenters. The number of nitrogens with one attached hydrogen (secondary N) is 2. The van der Waals surface area contributed by atoms with E-state index in [2.05, 4.69) is 20.2 Å². The second-order valence-electron chi connectivity index (χ2n) is 5.64. The Hall–Kier alpha value is -2.46. The van der Waals surface area contributed by atoms with E-state index < -0.39 is 10.0 Å². The largest absolute Gasteiger partial charge is 0.482 e. The zero-order chi connectivity index (χ0) is 16.7. The van der Waals surface area contributed by atoms with Gasteiger partial charge in [-0.25, -0.2) is 13.1 Å². The molecule has 126 valence electrons. The third-order valence-corrected chi connectivity index (χ3v) is 5.12. The monoisotopic (exact) mass is 350 g/mol. The quantitative estimate of drug-likeness (QED) is 0.815. The summed E-state index contributed by atoms with van der Waals surface area (Å²) in [5.74, 6) is 1.25. The van der Waals surface area contributed by atoms with E-state index in [1.54, 1.807) is 0 Å². The summed E-state index contributed by atoms with van der Waals surface area (Å²) in [6.45, 7) is -0.156. The van der Waals surface area contributed by atoms with Crippen LogP contribution in [0, 0.1) is 0 Å². The predicted molar refractivity (Wildman–Crippen MR) is 80.9 cm³/mol. The summed E-state index contributed by atoms with van der Waals surface area (Å²) in [5.41, 5.74) is 0.324. The minimum absolute atomic E-state index is 0.0120. The standard InChI is InChI=1S/C14H14N4O5S/c19-13-7-22-11-4-3-9(5-10(11)16-13)24(20,21)15-6-12-17-14(23-18-12)8-1-2-8/h3-5,8,15H,1-2,6-7H2,(H,16,19). The van der Waals surface area contributed by atoms with Gasteiger partial charge in [-0.2, -0.15) is 4.98 Å². The van der Waals surface area contributed by atoms with Crippen LogP contribution in [0.5, 0.6) is 5.75 Å². The van der Waals surface area contributed by atoms with Crippen LogP contribution in [0.15, 0.2) is 27.6 Å². The van der Waals surface area contributed by atoms with Crippen molar-refractivity contribution < 1.29 is 22.5 Å². The third kappa shape index (κ3) is 2.97. The number of sulfonamides is 1. The van der Waals surface area contributed by atoms with Gasteiger partial charge < -0.3 is 14.6 Å². The second-order valence-corrected chi connectivity index (χ2v) is 7.41. The molecular weight excluding hydrogens is 336 g/mol. The molecule has 0 unspecified atom stereocenters. The van der Waals surface area contributed by atoms with Crippen molar-refractivity contribution >= 4 is 21.6 Å². The van der Waals surface area contributed by atoms with E-state index in [4.69, 9.17) is 9.26 Å². The van der Waals surface area contributed by atoms with Gasteiger partial charge in [0.2, 0.25) is 15.9 Å². The summed E-state index contributed by atoms with van der Waals surface area (Å²) in [6.07, 6.45) is 2.05. The van der Waals surface area contributed by atoms with Gasteiger partial charge in [-0.15, -0.1) is 0 Å². The lowest BCUT2D eigenvalue weighted by molar-refractivity contribution is -0.118. The second kappa shape index (κ2) is 5.56. The first kappa shape index (κ1) is 15.1. The Labute approximate surface area is 137 Å². The zero-order valence-corrected chi connectivity index (χ0v) is 13.3. The lowest BCUT2D eigenvalue weighted by Gasteiger charge is -2.18. The van der Waals surface area contributed by atoms with Crippen LogP contribution in [-0.4, -0.2) is 31.1 Å². The number of benzene rings is 1. The molecule has 0 spiro atoms. The van der Waals surface area contributed by atoms with E-state index in [0.29, 0.717) is 23.2 Å². The predicted octanol–water partition coefficient (Wildman–Crippen LogP) is 0.756. The molecule has 1 aliphatic carbocycles. The topological polar surface area (TPSA) is 123 Å². The average molecular weight is 350 g/mol. The molecule has 2 heterocycles. The van der Waals surface area contributed by atoms with Crippen LogP contribution in [0.4, 0.5) is 5.69 Å². The normalized spacial score (nSPS) is 17.1. The summed E-state index contributed by atoms with van der Waals surface area (Å²) < 4.78 is 37.5. The molecule has 2 aliphatic rings. The molecule has 0 saturated heterocycles. The van der Waals surface area contributed by atoms with Crippen LogP contribution >= 0.6 is 0 Å². The van der Waals surface area contributed by atoms with Crippen molar-refractivity contribution in [2.45, 2.75) is 30.2 Å². The van der Waals surface area contributed by atoms with Crippen LogP contribution in [0.2, 0.25) is 0 Å². The molecule has 0 bridgehead atoms. The lowest BCUT2D eigenvalue weighted by atomic mass is 10.2. The number of ether oxygens (including phenoxy) is 1. The van der Waals surface area contributed by atoms with E-state index in [1.807, 2.05) is 0 Å². The van der Waals surface area contributed by atoms with Crippen molar-refractivity contribution in [1.82, 2.24) is 14.9 Å². The van der Waals surface area contributed by atoms with E-state index in [0.717, 1.165) is 12.8 Å². The molecule has 1 aliphatic heterocycles. The minimum atomic E-state index is -3.78. The SMILES string of the molecule is O=C1COc2ccc(S(=O)(=O)NCc3noc(C4CC4)n3)cc2N1. The summed E-state index contributed by atoms with van der Waals surface area (Å²) in [6, 6.07) is 4.26. The first-order chi connectivity index (χ1) is 11.5. The first-order valence-corrected chi connectivity index (χ1v) is 8.88. The number of carbonyl (C=O) groups excluding carboxylic acids is 1. The van der Waals surface area contributed by atoms with Crippen LogP contribution < -0.4 is 14.8 Å². The number of carbonyl (C=O) groups is 1. The Balaban J connectivity index is 1.49. The Morgan fingerprint density at radius 2 is 2.17 bits per heavy atom. The van der Waals surface area contributed by atoms with Gasteiger partial charge in [-0.05, 0) is 31.0 Å². The van der Waals surface area contributed by atoms with Crippen molar-refractivity contribution in [3.8, 4) is 5.75 Å². The highest BCUT2D eigenvalue weighted by Crippen LogP contribution is 2.38. The number of hydrogen-bond donors (Lipinski definition) is 2. The maximum Gasteiger partial charge on any atom is 0.262 e. The number of aromatic nitrogens is 2. The molecule has 1 amide bonds. The average Bonchev–Trinajstić information content (AvgIpc) is 3.31. The van der Waals surface area contributed by atoms with Crippen LogP contribution in [-0.2, 0) is 21.4 Å². The Morgan fingerprint density at radius 3 is 2.96 bits per heavy atom. The van der Waals surface area contributed by atoms with Crippen molar-refractivity contribution in [2.75, 3.05) is 11.9 Å². The Morgan fingerprint density at radius 1 is 1.33 bits per heavy atom. The molecule has 4 rings (SSSR count). The van der Waals surface area contributed by atoms with Crippen molar-refractivity contribution in [3.05, 3.63) is 29.9 Å². The van der Waals surface area contributed by atoms with Gasteiger partial charge in [0.1, 0.15) is 5.75 Å². The van der Waals surface area contributed by atoms with Gasteiger partial charge in [-0.1, -0.05) is 5.16 Å². The van der Waals surface area contributed by atoms with E-state index in [-0.39, 0.29) is 29.8 Å². The van der Waals surface area contributed by atoms with Gasteiger partial charge in [0.15, 0.2) is 12.4 Å². The maximum absolute atomic E-state index is 12.4. The van der Waals surface area contributed by atoms with E-state index in [9.17, 15) is 13.2 Å². The fourth-order valence-corrected chi connectivity index (χ4v) is 3.31. The molecule has 2 aromatic rings.